The molecule has 1 aliphatic carbocycles. The number of rotatable bonds is 6. The molecule has 0 atom stereocenters. The van der Waals surface area contributed by atoms with Crippen LogP contribution in [0.25, 0.3) is 11.1 Å². The molecule has 0 radical (unpaired) electrons. The van der Waals surface area contributed by atoms with E-state index in [0.29, 0.717) is 17.9 Å². The van der Waals surface area contributed by atoms with Crippen molar-refractivity contribution < 1.29 is 14.3 Å². The molecule has 0 saturated carbocycles. The lowest BCUT2D eigenvalue weighted by molar-refractivity contribution is 0.111. The molecule has 1 aliphatic rings. The quantitative estimate of drug-likeness (QED) is 0.565. The van der Waals surface area contributed by atoms with Crippen molar-refractivity contribution in [3.63, 3.8) is 0 Å². The number of benzene rings is 3. The molecule has 0 amide bonds. The Hall–Kier alpha value is -3.07. The van der Waals surface area contributed by atoms with Gasteiger partial charge in [-0.2, -0.15) is 0 Å². The summed E-state index contributed by atoms with van der Waals surface area (Å²) in [6.07, 6.45) is 3.79. The summed E-state index contributed by atoms with van der Waals surface area (Å²) in [7, 11) is 1.59. The average Bonchev–Trinajstić information content (AvgIpc) is 3.22. The topological polar surface area (TPSA) is 35.5 Å². The number of carbonyl (C=O) groups excluding carboxylic acids is 1. The molecule has 0 heterocycles. The first-order valence-corrected chi connectivity index (χ1v) is 9.25. The van der Waals surface area contributed by atoms with Crippen LogP contribution in [0.1, 0.15) is 33.5 Å². The first kappa shape index (κ1) is 17.3. The van der Waals surface area contributed by atoms with E-state index < -0.39 is 0 Å². The molecule has 0 spiro atoms. The van der Waals surface area contributed by atoms with Crippen LogP contribution >= 0.6 is 0 Å². The zero-order valence-corrected chi connectivity index (χ0v) is 15.4. The largest absolute Gasteiger partial charge is 0.496 e. The van der Waals surface area contributed by atoms with E-state index in [4.69, 9.17) is 9.47 Å². The number of fused-ring (bicyclic) bond motifs is 1. The number of hydrogen-bond acceptors (Lipinski definition) is 3. The molecule has 136 valence electrons. The average molecular weight is 358 g/mol. The molecule has 4 rings (SSSR count). The van der Waals surface area contributed by atoms with E-state index >= 15 is 0 Å². The fourth-order valence-electron chi connectivity index (χ4n) is 3.80. The molecule has 0 fully saturated rings. The maximum atomic E-state index is 11.5. The normalized spacial score (nSPS) is 12.5. The molecule has 27 heavy (non-hydrogen) atoms. The Labute approximate surface area is 159 Å². The lowest BCUT2D eigenvalue weighted by Crippen LogP contribution is -2.03. The molecule has 0 unspecified atom stereocenters. The van der Waals surface area contributed by atoms with Crippen molar-refractivity contribution in [3.8, 4) is 22.6 Å². The van der Waals surface area contributed by atoms with Gasteiger partial charge in [-0.05, 0) is 53.1 Å². The monoisotopic (exact) mass is 358 g/mol. The third-order valence-corrected chi connectivity index (χ3v) is 5.13. The zero-order valence-electron chi connectivity index (χ0n) is 15.4. The van der Waals surface area contributed by atoms with Gasteiger partial charge < -0.3 is 9.47 Å². The van der Waals surface area contributed by atoms with Crippen LogP contribution in [0.4, 0.5) is 0 Å². The summed E-state index contributed by atoms with van der Waals surface area (Å²) in [4.78, 5) is 11.5. The lowest BCUT2D eigenvalue weighted by Gasteiger charge is -2.15. The van der Waals surface area contributed by atoms with E-state index in [-0.39, 0.29) is 0 Å². The molecule has 0 aromatic heterocycles. The molecule has 3 aromatic rings. The van der Waals surface area contributed by atoms with Gasteiger partial charge in [-0.3, -0.25) is 4.79 Å². The highest BCUT2D eigenvalue weighted by atomic mass is 16.5. The summed E-state index contributed by atoms with van der Waals surface area (Å²) in [5.41, 5.74) is 6.38. The second kappa shape index (κ2) is 7.67. The van der Waals surface area contributed by atoms with Crippen molar-refractivity contribution in [2.75, 3.05) is 7.11 Å². The van der Waals surface area contributed by atoms with Gasteiger partial charge in [0, 0.05) is 6.07 Å². The van der Waals surface area contributed by atoms with Crippen molar-refractivity contribution in [2.45, 2.75) is 25.9 Å². The summed E-state index contributed by atoms with van der Waals surface area (Å²) in [5, 5.41) is 0. The molecular weight excluding hydrogens is 336 g/mol. The van der Waals surface area contributed by atoms with Crippen LogP contribution in [0.2, 0.25) is 0 Å². The number of ether oxygens (including phenoxy) is 2. The number of hydrogen-bond donors (Lipinski definition) is 0. The van der Waals surface area contributed by atoms with E-state index in [2.05, 4.69) is 36.4 Å². The van der Waals surface area contributed by atoms with Crippen LogP contribution in [0.15, 0.2) is 60.7 Å². The van der Waals surface area contributed by atoms with Gasteiger partial charge in [0.1, 0.15) is 18.1 Å². The predicted octanol–water partition coefficient (Wildman–Crippen LogP) is 5.24. The summed E-state index contributed by atoms with van der Waals surface area (Å²) in [6, 6.07) is 20.6. The minimum absolute atomic E-state index is 0.483. The minimum atomic E-state index is 0.483. The zero-order chi connectivity index (χ0) is 18.6. The molecule has 3 heteroatoms. The fraction of sp³-hybridized carbons (Fsp3) is 0.208. The smallest absolute Gasteiger partial charge is 0.154 e. The van der Waals surface area contributed by atoms with Crippen LogP contribution < -0.4 is 9.47 Å². The van der Waals surface area contributed by atoms with Gasteiger partial charge in [0.25, 0.3) is 0 Å². The van der Waals surface area contributed by atoms with Crippen LogP contribution in [0.3, 0.4) is 0 Å². The fourth-order valence-corrected chi connectivity index (χ4v) is 3.80. The van der Waals surface area contributed by atoms with Gasteiger partial charge in [-0.15, -0.1) is 0 Å². The molecule has 0 bridgehead atoms. The number of methoxy groups -OCH3 is 1. The van der Waals surface area contributed by atoms with Gasteiger partial charge in [0.05, 0.1) is 12.7 Å². The van der Waals surface area contributed by atoms with Gasteiger partial charge >= 0.3 is 0 Å². The lowest BCUT2D eigenvalue weighted by atomic mass is 10.0. The third kappa shape index (κ3) is 3.45. The Morgan fingerprint density at radius 1 is 0.889 bits per heavy atom. The predicted molar refractivity (Wildman–Crippen MR) is 107 cm³/mol. The highest BCUT2D eigenvalue weighted by molar-refractivity contribution is 5.84. The first-order chi connectivity index (χ1) is 13.3. The molecule has 3 nitrogen and oxygen atoms in total. The van der Waals surface area contributed by atoms with E-state index in [1.54, 1.807) is 7.11 Å². The van der Waals surface area contributed by atoms with Gasteiger partial charge in [0.2, 0.25) is 0 Å². The summed E-state index contributed by atoms with van der Waals surface area (Å²) in [5.74, 6) is 1.42. The molecule has 0 N–H and O–H groups in total. The maximum absolute atomic E-state index is 11.5. The van der Waals surface area contributed by atoms with Crippen molar-refractivity contribution in [2.24, 2.45) is 0 Å². The first-order valence-electron chi connectivity index (χ1n) is 9.25. The van der Waals surface area contributed by atoms with Gasteiger partial charge in [0.15, 0.2) is 6.29 Å². The Bertz CT molecular complexity index is 961. The van der Waals surface area contributed by atoms with E-state index in [9.17, 15) is 4.79 Å². The van der Waals surface area contributed by atoms with Gasteiger partial charge in [-0.1, -0.05) is 48.5 Å². The van der Waals surface area contributed by atoms with Crippen LogP contribution in [-0.4, -0.2) is 13.4 Å². The van der Waals surface area contributed by atoms with Gasteiger partial charge in [-0.25, -0.2) is 0 Å². The SMILES string of the molecule is COc1cc(OCc2cccc(-c3ccccc3)c2)c2c(c1C=O)CCC2. The summed E-state index contributed by atoms with van der Waals surface area (Å²) >= 11 is 0. The van der Waals surface area contributed by atoms with Crippen molar-refractivity contribution >= 4 is 6.29 Å². The molecular formula is C24H22O3. The summed E-state index contributed by atoms with van der Waals surface area (Å²) in [6.45, 7) is 0.483. The van der Waals surface area contributed by atoms with Crippen molar-refractivity contribution in [1.29, 1.82) is 0 Å². The molecule has 3 aromatic carbocycles. The van der Waals surface area contributed by atoms with Crippen LogP contribution in [0.5, 0.6) is 11.5 Å². The van der Waals surface area contributed by atoms with E-state index in [1.165, 1.54) is 11.1 Å². The summed E-state index contributed by atoms with van der Waals surface area (Å²) < 4.78 is 11.6. The molecule has 0 aliphatic heterocycles. The Kier molecular flexibility index (Phi) is 4.93. The maximum Gasteiger partial charge on any atom is 0.154 e. The number of aldehydes is 1. The Morgan fingerprint density at radius 3 is 2.44 bits per heavy atom. The second-order valence-corrected chi connectivity index (χ2v) is 6.77. The van der Waals surface area contributed by atoms with Crippen LogP contribution in [-0.2, 0) is 19.4 Å². The standard InChI is InChI=1S/C24H22O3/c1-26-23-14-24(21-12-6-11-20(21)22(23)15-25)27-16-17-7-5-10-19(13-17)18-8-3-2-4-9-18/h2-5,7-10,13-15H,6,11-12,16H2,1H3. The van der Waals surface area contributed by atoms with E-state index in [1.807, 2.05) is 24.3 Å². The molecule has 0 saturated heterocycles. The second-order valence-electron chi connectivity index (χ2n) is 6.77. The number of carbonyl (C=O) groups is 1. The van der Waals surface area contributed by atoms with E-state index in [0.717, 1.165) is 48.0 Å². The van der Waals surface area contributed by atoms with Crippen molar-refractivity contribution in [1.82, 2.24) is 0 Å². The van der Waals surface area contributed by atoms with Crippen LogP contribution in [0, 0.1) is 0 Å². The highest BCUT2D eigenvalue weighted by Crippen LogP contribution is 2.38. The highest BCUT2D eigenvalue weighted by Gasteiger charge is 2.23. The Balaban J connectivity index is 1.60. The van der Waals surface area contributed by atoms with Crippen molar-refractivity contribution in [3.05, 3.63) is 82.9 Å². The minimum Gasteiger partial charge on any atom is -0.496 e. The third-order valence-electron chi connectivity index (χ3n) is 5.13. The Morgan fingerprint density at radius 2 is 1.67 bits per heavy atom.